The molecular weight excluding hydrogens is 231 g/mol. The van der Waals surface area contributed by atoms with E-state index in [0.717, 1.165) is 36.8 Å². The molecule has 1 aromatic rings. The topological polar surface area (TPSA) is 20.2 Å². The number of hydrogen-bond donors (Lipinski definition) is 1. The zero-order valence-electron chi connectivity index (χ0n) is 9.11. The number of aryl methyl sites for hydroxylation is 1. The van der Waals surface area contributed by atoms with Crippen LogP contribution in [-0.2, 0) is 12.8 Å². The summed E-state index contributed by atoms with van der Waals surface area (Å²) in [5.41, 5.74) is 1.85. The summed E-state index contributed by atoms with van der Waals surface area (Å²) >= 11 is 12.2. The maximum absolute atomic E-state index is 9.65. The van der Waals surface area contributed by atoms with Gasteiger partial charge in [0.05, 0.1) is 5.02 Å². The second-order valence-corrected chi connectivity index (χ2v) is 4.37. The molecule has 1 N–H and O–H groups in total. The van der Waals surface area contributed by atoms with Gasteiger partial charge in [-0.2, -0.15) is 0 Å². The Morgan fingerprint density at radius 3 is 2.40 bits per heavy atom. The lowest BCUT2D eigenvalue weighted by molar-refractivity contribution is 0.474. The molecule has 0 unspecified atom stereocenters. The molecule has 0 fully saturated rings. The number of benzene rings is 1. The number of unbranched alkanes of at least 4 members (excludes halogenated alkanes) is 1. The van der Waals surface area contributed by atoms with Crippen LogP contribution in [0, 0.1) is 0 Å². The van der Waals surface area contributed by atoms with Crippen molar-refractivity contribution in [1.82, 2.24) is 0 Å². The highest BCUT2D eigenvalue weighted by atomic mass is 35.5. The maximum Gasteiger partial charge on any atom is 0.134 e. The molecule has 1 aromatic carbocycles. The van der Waals surface area contributed by atoms with Gasteiger partial charge in [0.2, 0.25) is 0 Å². The SMILES string of the molecule is CCCCc1cc(O)c(Cl)c(CC)c1Cl. The molecule has 0 aliphatic heterocycles. The van der Waals surface area contributed by atoms with E-state index in [1.54, 1.807) is 6.07 Å². The molecule has 0 aromatic heterocycles. The van der Waals surface area contributed by atoms with Crippen LogP contribution >= 0.6 is 23.2 Å². The first-order valence-electron chi connectivity index (χ1n) is 5.30. The van der Waals surface area contributed by atoms with Crippen molar-refractivity contribution < 1.29 is 5.11 Å². The Hall–Kier alpha value is -0.400. The summed E-state index contributed by atoms with van der Waals surface area (Å²) in [7, 11) is 0. The molecule has 0 saturated heterocycles. The molecule has 0 heterocycles. The van der Waals surface area contributed by atoms with Gasteiger partial charge in [-0.05, 0) is 36.5 Å². The first kappa shape index (κ1) is 12.7. The molecule has 84 valence electrons. The smallest absolute Gasteiger partial charge is 0.134 e. The van der Waals surface area contributed by atoms with Crippen molar-refractivity contribution in [3.05, 3.63) is 27.2 Å². The van der Waals surface area contributed by atoms with Crippen LogP contribution in [0.15, 0.2) is 6.07 Å². The van der Waals surface area contributed by atoms with Crippen molar-refractivity contribution >= 4 is 23.2 Å². The normalized spacial score (nSPS) is 10.7. The maximum atomic E-state index is 9.65. The molecule has 1 nitrogen and oxygen atoms in total. The fraction of sp³-hybridized carbons (Fsp3) is 0.500. The average molecular weight is 247 g/mol. The Kier molecular flexibility index (Phi) is 4.75. The molecule has 0 saturated carbocycles. The van der Waals surface area contributed by atoms with Crippen LogP contribution in [0.2, 0.25) is 10.0 Å². The molecule has 0 atom stereocenters. The summed E-state index contributed by atoms with van der Waals surface area (Å²) in [4.78, 5) is 0. The zero-order valence-corrected chi connectivity index (χ0v) is 10.6. The average Bonchev–Trinajstić information content (AvgIpc) is 2.22. The van der Waals surface area contributed by atoms with Gasteiger partial charge in [0.15, 0.2) is 0 Å². The quantitative estimate of drug-likeness (QED) is 0.824. The Morgan fingerprint density at radius 1 is 1.20 bits per heavy atom. The zero-order chi connectivity index (χ0) is 11.4. The number of phenolic OH excluding ortho intramolecular Hbond substituents is 1. The van der Waals surface area contributed by atoms with Crippen LogP contribution in [0.1, 0.15) is 37.8 Å². The number of phenols is 1. The van der Waals surface area contributed by atoms with Crippen molar-refractivity contribution in [3.8, 4) is 5.75 Å². The third-order valence-corrected chi connectivity index (χ3v) is 3.39. The summed E-state index contributed by atoms with van der Waals surface area (Å²) in [5, 5.41) is 10.8. The van der Waals surface area contributed by atoms with Gasteiger partial charge in [0.1, 0.15) is 5.75 Å². The number of aromatic hydroxyl groups is 1. The van der Waals surface area contributed by atoms with Gasteiger partial charge in [-0.25, -0.2) is 0 Å². The number of rotatable bonds is 4. The summed E-state index contributed by atoms with van der Waals surface area (Å²) < 4.78 is 0. The van der Waals surface area contributed by atoms with E-state index >= 15 is 0 Å². The first-order valence-corrected chi connectivity index (χ1v) is 6.06. The lowest BCUT2D eigenvalue weighted by atomic mass is 10.0. The fourth-order valence-electron chi connectivity index (χ4n) is 1.60. The van der Waals surface area contributed by atoms with E-state index in [1.807, 2.05) is 6.92 Å². The summed E-state index contributed by atoms with van der Waals surface area (Å²) in [5.74, 6) is 0.143. The van der Waals surface area contributed by atoms with E-state index in [4.69, 9.17) is 23.2 Å². The van der Waals surface area contributed by atoms with Gasteiger partial charge in [-0.3, -0.25) is 0 Å². The van der Waals surface area contributed by atoms with Crippen molar-refractivity contribution in [2.45, 2.75) is 39.5 Å². The Bertz CT molecular complexity index is 348. The van der Waals surface area contributed by atoms with Crippen LogP contribution < -0.4 is 0 Å². The lowest BCUT2D eigenvalue weighted by Gasteiger charge is -2.11. The molecule has 0 bridgehead atoms. The molecule has 0 spiro atoms. The largest absolute Gasteiger partial charge is 0.506 e. The van der Waals surface area contributed by atoms with Crippen molar-refractivity contribution in [1.29, 1.82) is 0 Å². The molecular formula is C12H16Cl2O. The van der Waals surface area contributed by atoms with E-state index in [9.17, 15) is 5.11 Å². The Morgan fingerprint density at radius 2 is 1.87 bits per heavy atom. The Labute approximate surface area is 101 Å². The van der Waals surface area contributed by atoms with E-state index < -0.39 is 0 Å². The van der Waals surface area contributed by atoms with Crippen molar-refractivity contribution in [3.63, 3.8) is 0 Å². The Balaban J connectivity index is 3.12. The highest BCUT2D eigenvalue weighted by Crippen LogP contribution is 2.36. The molecule has 15 heavy (non-hydrogen) atoms. The van der Waals surface area contributed by atoms with Gasteiger partial charge in [0, 0.05) is 5.02 Å². The lowest BCUT2D eigenvalue weighted by Crippen LogP contribution is -1.93. The minimum absolute atomic E-state index is 0.143. The molecule has 0 amide bonds. The van der Waals surface area contributed by atoms with Crippen molar-refractivity contribution in [2.75, 3.05) is 0 Å². The van der Waals surface area contributed by atoms with Gasteiger partial charge in [-0.1, -0.05) is 43.5 Å². The molecule has 3 heteroatoms. The minimum atomic E-state index is 0.143. The second kappa shape index (κ2) is 5.62. The summed E-state index contributed by atoms with van der Waals surface area (Å²) in [6, 6.07) is 1.68. The van der Waals surface area contributed by atoms with Crippen LogP contribution in [0.4, 0.5) is 0 Å². The standard InChI is InChI=1S/C12H16Cl2O/c1-3-5-6-8-7-10(15)12(14)9(4-2)11(8)13/h7,15H,3-6H2,1-2H3. The molecule has 0 aliphatic rings. The van der Waals surface area contributed by atoms with E-state index in [2.05, 4.69) is 6.92 Å². The first-order chi connectivity index (χ1) is 7.11. The summed E-state index contributed by atoms with van der Waals surface area (Å²) in [6.45, 7) is 4.11. The third kappa shape index (κ3) is 2.79. The van der Waals surface area contributed by atoms with Crippen LogP contribution in [0.5, 0.6) is 5.75 Å². The van der Waals surface area contributed by atoms with Crippen LogP contribution in [0.3, 0.4) is 0 Å². The molecule has 1 rings (SSSR count). The third-order valence-electron chi connectivity index (χ3n) is 2.50. The minimum Gasteiger partial charge on any atom is -0.506 e. The summed E-state index contributed by atoms with van der Waals surface area (Å²) in [6.07, 6.45) is 3.82. The fourth-order valence-corrected chi connectivity index (χ4v) is 2.30. The highest BCUT2D eigenvalue weighted by molar-refractivity contribution is 6.37. The van der Waals surface area contributed by atoms with Crippen molar-refractivity contribution in [2.24, 2.45) is 0 Å². The monoisotopic (exact) mass is 246 g/mol. The second-order valence-electron chi connectivity index (χ2n) is 3.62. The predicted molar refractivity (Wildman–Crippen MR) is 66.1 cm³/mol. The van der Waals surface area contributed by atoms with Gasteiger partial charge >= 0.3 is 0 Å². The van der Waals surface area contributed by atoms with Crippen LogP contribution in [-0.4, -0.2) is 5.11 Å². The molecule has 0 aliphatic carbocycles. The van der Waals surface area contributed by atoms with E-state index in [0.29, 0.717) is 10.0 Å². The van der Waals surface area contributed by atoms with Crippen LogP contribution in [0.25, 0.3) is 0 Å². The number of hydrogen-bond acceptors (Lipinski definition) is 1. The predicted octanol–water partition coefficient (Wildman–Crippen LogP) is 4.60. The van der Waals surface area contributed by atoms with Gasteiger partial charge in [0.25, 0.3) is 0 Å². The number of halogens is 2. The van der Waals surface area contributed by atoms with E-state index in [-0.39, 0.29) is 5.75 Å². The van der Waals surface area contributed by atoms with Gasteiger partial charge < -0.3 is 5.11 Å². The van der Waals surface area contributed by atoms with E-state index in [1.165, 1.54) is 0 Å². The molecule has 0 radical (unpaired) electrons. The highest BCUT2D eigenvalue weighted by Gasteiger charge is 2.13. The van der Waals surface area contributed by atoms with Gasteiger partial charge in [-0.15, -0.1) is 0 Å².